The number of methoxy groups -OCH3 is 1. The lowest BCUT2D eigenvalue weighted by Gasteiger charge is -2.39. The van der Waals surface area contributed by atoms with Crippen molar-refractivity contribution in [1.29, 1.82) is 0 Å². The van der Waals surface area contributed by atoms with Gasteiger partial charge in [0.05, 0.1) is 11.0 Å². The first-order chi connectivity index (χ1) is 9.19. The van der Waals surface area contributed by atoms with Crippen molar-refractivity contribution in [2.24, 2.45) is 5.73 Å². The van der Waals surface area contributed by atoms with Crippen LogP contribution in [0.5, 0.6) is 0 Å². The average molecular weight is 287 g/mol. The molecule has 0 spiro atoms. The average Bonchev–Trinajstić information content (AvgIpc) is 2.41. The molecule has 0 aliphatic carbocycles. The highest BCUT2D eigenvalue weighted by Gasteiger charge is 2.24. The second-order valence-corrected chi connectivity index (χ2v) is 5.76. The Morgan fingerprint density at radius 1 is 1.26 bits per heavy atom. The number of thiocarbonyl (C=S) groups is 1. The van der Waals surface area contributed by atoms with Gasteiger partial charge in [-0.2, -0.15) is 0 Å². The predicted molar refractivity (Wildman–Crippen MR) is 84.6 cm³/mol. The minimum Gasteiger partial charge on any atom is -0.392 e. The molecule has 0 aromatic rings. The van der Waals surface area contributed by atoms with Crippen LogP contribution in [0.1, 0.15) is 32.6 Å². The molecule has 1 unspecified atom stereocenters. The van der Waals surface area contributed by atoms with Crippen molar-refractivity contribution in [2.45, 2.75) is 38.6 Å². The number of piperazine rings is 1. The second kappa shape index (κ2) is 9.64. The summed E-state index contributed by atoms with van der Waals surface area (Å²) in [5.41, 5.74) is 5.86. The molecular weight excluding hydrogens is 258 g/mol. The van der Waals surface area contributed by atoms with Crippen molar-refractivity contribution >= 4 is 17.2 Å². The largest absolute Gasteiger partial charge is 0.392 e. The highest BCUT2D eigenvalue weighted by Crippen LogP contribution is 2.12. The third-order valence-corrected chi connectivity index (χ3v) is 4.08. The summed E-state index contributed by atoms with van der Waals surface area (Å²) in [6.45, 7) is 8.70. The van der Waals surface area contributed by atoms with E-state index < -0.39 is 0 Å². The van der Waals surface area contributed by atoms with Gasteiger partial charge in [-0.1, -0.05) is 25.6 Å². The second-order valence-electron chi connectivity index (χ2n) is 5.28. The van der Waals surface area contributed by atoms with Crippen molar-refractivity contribution in [2.75, 3.05) is 46.4 Å². The number of nitrogens with two attached hydrogens (primary N) is 1. The molecule has 0 saturated carbocycles. The van der Waals surface area contributed by atoms with Gasteiger partial charge in [-0.15, -0.1) is 0 Å². The summed E-state index contributed by atoms with van der Waals surface area (Å²) in [4.78, 5) is 5.65. The highest BCUT2D eigenvalue weighted by atomic mass is 32.1. The Morgan fingerprint density at radius 3 is 2.47 bits per heavy atom. The van der Waals surface area contributed by atoms with E-state index in [4.69, 9.17) is 22.7 Å². The third-order valence-electron chi connectivity index (χ3n) is 3.81. The van der Waals surface area contributed by atoms with Gasteiger partial charge in [-0.3, -0.25) is 4.90 Å². The molecular formula is C14H29N3OS. The number of rotatable bonds is 9. The molecule has 1 fully saturated rings. The van der Waals surface area contributed by atoms with E-state index in [9.17, 15) is 0 Å². The lowest BCUT2D eigenvalue weighted by atomic mass is 10.1. The van der Waals surface area contributed by atoms with Gasteiger partial charge in [0.2, 0.25) is 0 Å². The van der Waals surface area contributed by atoms with Gasteiger partial charge in [0.25, 0.3) is 0 Å². The van der Waals surface area contributed by atoms with Crippen molar-refractivity contribution in [3.05, 3.63) is 0 Å². The minimum absolute atomic E-state index is 0.302. The van der Waals surface area contributed by atoms with Crippen LogP contribution in [0, 0.1) is 0 Å². The lowest BCUT2D eigenvalue weighted by molar-refractivity contribution is 0.110. The van der Waals surface area contributed by atoms with Crippen LogP contribution in [0.4, 0.5) is 0 Å². The van der Waals surface area contributed by atoms with Crippen LogP contribution in [0.15, 0.2) is 0 Å². The lowest BCUT2D eigenvalue weighted by Crippen LogP contribution is -2.53. The fourth-order valence-corrected chi connectivity index (χ4v) is 2.93. The molecule has 1 aliphatic heterocycles. The Morgan fingerprint density at radius 2 is 1.95 bits per heavy atom. The van der Waals surface area contributed by atoms with Crippen LogP contribution in [-0.4, -0.2) is 67.3 Å². The zero-order valence-corrected chi connectivity index (χ0v) is 13.3. The van der Waals surface area contributed by atoms with Gasteiger partial charge < -0.3 is 15.4 Å². The van der Waals surface area contributed by atoms with Crippen molar-refractivity contribution in [3.63, 3.8) is 0 Å². The Kier molecular flexibility index (Phi) is 8.53. The molecule has 1 saturated heterocycles. The monoisotopic (exact) mass is 287 g/mol. The molecule has 4 nitrogen and oxygen atoms in total. The number of hydrogen-bond donors (Lipinski definition) is 1. The summed E-state index contributed by atoms with van der Waals surface area (Å²) in [7, 11) is 1.77. The topological polar surface area (TPSA) is 41.7 Å². The van der Waals surface area contributed by atoms with Crippen LogP contribution < -0.4 is 5.73 Å². The Hall–Kier alpha value is -0.230. The van der Waals surface area contributed by atoms with Crippen LogP contribution in [0.25, 0.3) is 0 Å². The maximum atomic E-state index is 5.86. The van der Waals surface area contributed by atoms with E-state index in [1.165, 1.54) is 13.0 Å². The minimum atomic E-state index is 0.302. The molecule has 5 heteroatoms. The molecule has 0 bridgehead atoms. The van der Waals surface area contributed by atoms with Crippen molar-refractivity contribution < 1.29 is 4.74 Å². The summed E-state index contributed by atoms with van der Waals surface area (Å²) < 4.78 is 5.08. The quantitative estimate of drug-likeness (QED) is 0.514. The first-order valence-electron chi connectivity index (χ1n) is 7.43. The van der Waals surface area contributed by atoms with E-state index in [0.29, 0.717) is 11.0 Å². The van der Waals surface area contributed by atoms with E-state index in [0.717, 1.165) is 52.0 Å². The van der Waals surface area contributed by atoms with Crippen LogP contribution in [-0.2, 0) is 4.74 Å². The number of ether oxygens (including phenoxy) is 1. The molecule has 0 radical (unpaired) electrons. The molecule has 0 amide bonds. The number of unbranched alkanes of at least 4 members (excludes halogenated alkanes) is 1. The SMILES string of the molecule is CCCC(C(N)=S)N1CCN(CCCCOC)CC1. The molecule has 1 rings (SSSR count). The maximum Gasteiger partial charge on any atom is 0.0902 e. The predicted octanol–water partition coefficient (Wildman–Crippen LogP) is 1.49. The third kappa shape index (κ3) is 6.17. The first kappa shape index (κ1) is 16.8. The molecule has 112 valence electrons. The molecule has 1 heterocycles. The van der Waals surface area contributed by atoms with Gasteiger partial charge in [0, 0.05) is 39.9 Å². The van der Waals surface area contributed by atoms with Crippen LogP contribution in [0.3, 0.4) is 0 Å². The summed E-state index contributed by atoms with van der Waals surface area (Å²) in [6, 6.07) is 0.302. The van der Waals surface area contributed by atoms with E-state index in [2.05, 4.69) is 16.7 Å². The van der Waals surface area contributed by atoms with E-state index in [1.807, 2.05) is 0 Å². The van der Waals surface area contributed by atoms with Crippen molar-refractivity contribution in [1.82, 2.24) is 9.80 Å². The zero-order chi connectivity index (χ0) is 14.1. The molecule has 19 heavy (non-hydrogen) atoms. The summed E-state index contributed by atoms with van der Waals surface area (Å²) in [6.07, 6.45) is 4.60. The van der Waals surface area contributed by atoms with E-state index >= 15 is 0 Å². The first-order valence-corrected chi connectivity index (χ1v) is 7.84. The van der Waals surface area contributed by atoms with E-state index in [-0.39, 0.29) is 0 Å². The molecule has 2 N–H and O–H groups in total. The van der Waals surface area contributed by atoms with Gasteiger partial charge in [-0.05, 0) is 25.8 Å². The zero-order valence-electron chi connectivity index (χ0n) is 12.4. The summed E-state index contributed by atoms with van der Waals surface area (Å²) in [5.74, 6) is 0. The normalized spacial score (nSPS) is 19.5. The molecule has 0 aromatic carbocycles. The fraction of sp³-hybridized carbons (Fsp3) is 0.929. The van der Waals surface area contributed by atoms with Gasteiger partial charge in [0.15, 0.2) is 0 Å². The van der Waals surface area contributed by atoms with Crippen molar-refractivity contribution in [3.8, 4) is 0 Å². The Labute approximate surface area is 123 Å². The maximum absolute atomic E-state index is 5.86. The van der Waals surface area contributed by atoms with Gasteiger partial charge in [0.1, 0.15) is 0 Å². The smallest absolute Gasteiger partial charge is 0.0902 e. The Bertz CT molecular complexity index is 255. The van der Waals surface area contributed by atoms with E-state index in [1.54, 1.807) is 7.11 Å². The van der Waals surface area contributed by atoms with Crippen LogP contribution in [0.2, 0.25) is 0 Å². The molecule has 1 atom stereocenters. The number of hydrogen-bond acceptors (Lipinski definition) is 4. The summed E-state index contributed by atoms with van der Waals surface area (Å²) in [5, 5.41) is 0. The molecule has 0 aromatic heterocycles. The fourth-order valence-electron chi connectivity index (χ4n) is 2.66. The van der Waals surface area contributed by atoms with Gasteiger partial charge >= 0.3 is 0 Å². The van der Waals surface area contributed by atoms with Crippen LogP contribution >= 0.6 is 12.2 Å². The Balaban J connectivity index is 2.25. The standard InChI is InChI=1S/C14H29N3OS/c1-3-6-13(14(15)19)17-10-8-16(9-11-17)7-4-5-12-18-2/h13H,3-12H2,1-2H3,(H2,15,19). The van der Waals surface area contributed by atoms with Gasteiger partial charge in [-0.25, -0.2) is 0 Å². The summed E-state index contributed by atoms with van der Waals surface area (Å²) >= 11 is 5.20. The highest BCUT2D eigenvalue weighted by molar-refractivity contribution is 7.80. The molecule has 1 aliphatic rings. The number of nitrogens with zero attached hydrogens (tertiary/aromatic N) is 2.